The molecule has 0 fully saturated rings. The SMILES string of the molecule is CCC(O)c1ccn(CCCC(C)C)c1. The van der Waals surface area contributed by atoms with Gasteiger partial charge in [0.2, 0.25) is 0 Å². The fourth-order valence-electron chi connectivity index (χ4n) is 1.71. The van der Waals surface area contributed by atoms with E-state index in [1.54, 1.807) is 0 Å². The van der Waals surface area contributed by atoms with Crippen molar-refractivity contribution in [3.63, 3.8) is 0 Å². The Morgan fingerprint density at radius 2 is 2.13 bits per heavy atom. The Morgan fingerprint density at radius 3 is 2.73 bits per heavy atom. The fraction of sp³-hybridized carbons (Fsp3) is 0.692. The number of nitrogens with zero attached hydrogens (tertiary/aromatic N) is 1. The summed E-state index contributed by atoms with van der Waals surface area (Å²) in [6.45, 7) is 7.57. The van der Waals surface area contributed by atoms with Crippen LogP contribution >= 0.6 is 0 Å². The van der Waals surface area contributed by atoms with Crippen molar-refractivity contribution < 1.29 is 5.11 Å². The van der Waals surface area contributed by atoms with Crippen LogP contribution in [0.15, 0.2) is 18.5 Å². The molecule has 15 heavy (non-hydrogen) atoms. The summed E-state index contributed by atoms with van der Waals surface area (Å²) in [4.78, 5) is 0. The standard InChI is InChI=1S/C13H23NO/c1-4-13(15)12-7-9-14(10-12)8-5-6-11(2)3/h7,9-11,13,15H,4-6,8H2,1-3H3. The molecule has 1 unspecified atom stereocenters. The molecule has 0 saturated carbocycles. The van der Waals surface area contributed by atoms with Crippen LogP contribution in [-0.4, -0.2) is 9.67 Å². The summed E-state index contributed by atoms with van der Waals surface area (Å²) in [5.41, 5.74) is 1.04. The lowest BCUT2D eigenvalue weighted by atomic mass is 10.1. The van der Waals surface area contributed by atoms with E-state index in [-0.39, 0.29) is 6.10 Å². The maximum atomic E-state index is 9.64. The molecule has 1 heterocycles. The van der Waals surface area contributed by atoms with E-state index in [1.165, 1.54) is 12.8 Å². The summed E-state index contributed by atoms with van der Waals surface area (Å²) in [7, 11) is 0. The van der Waals surface area contributed by atoms with Gasteiger partial charge in [0.15, 0.2) is 0 Å². The zero-order valence-corrected chi connectivity index (χ0v) is 10.1. The average Bonchev–Trinajstić information content (AvgIpc) is 2.65. The first-order valence-corrected chi connectivity index (χ1v) is 5.97. The highest BCUT2D eigenvalue weighted by atomic mass is 16.3. The van der Waals surface area contributed by atoms with Gasteiger partial charge in [-0.15, -0.1) is 0 Å². The maximum Gasteiger partial charge on any atom is 0.0802 e. The number of aryl methyl sites for hydroxylation is 1. The largest absolute Gasteiger partial charge is 0.388 e. The first kappa shape index (κ1) is 12.3. The highest BCUT2D eigenvalue weighted by Crippen LogP contribution is 2.16. The van der Waals surface area contributed by atoms with Gasteiger partial charge in [-0.2, -0.15) is 0 Å². The minimum Gasteiger partial charge on any atom is -0.388 e. The van der Waals surface area contributed by atoms with Gasteiger partial charge in [0.05, 0.1) is 6.10 Å². The first-order chi connectivity index (χ1) is 7.13. The van der Waals surface area contributed by atoms with Gasteiger partial charge in [-0.25, -0.2) is 0 Å². The Hall–Kier alpha value is -0.760. The molecule has 0 aliphatic heterocycles. The number of aromatic nitrogens is 1. The molecule has 0 saturated heterocycles. The smallest absolute Gasteiger partial charge is 0.0802 e. The van der Waals surface area contributed by atoms with Gasteiger partial charge in [0.25, 0.3) is 0 Å². The third-order valence-corrected chi connectivity index (χ3v) is 2.74. The van der Waals surface area contributed by atoms with E-state index >= 15 is 0 Å². The van der Waals surface area contributed by atoms with Crippen molar-refractivity contribution in [3.8, 4) is 0 Å². The zero-order valence-electron chi connectivity index (χ0n) is 10.1. The molecule has 1 rings (SSSR count). The molecule has 0 radical (unpaired) electrons. The van der Waals surface area contributed by atoms with Crippen LogP contribution in [0.1, 0.15) is 51.7 Å². The lowest BCUT2D eigenvalue weighted by Gasteiger charge is -2.06. The fourth-order valence-corrected chi connectivity index (χ4v) is 1.71. The van der Waals surface area contributed by atoms with Crippen molar-refractivity contribution in [2.45, 2.75) is 52.7 Å². The normalized spacial score (nSPS) is 13.4. The lowest BCUT2D eigenvalue weighted by molar-refractivity contribution is 0.173. The Bertz CT molecular complexity index is 278. The topological polar surface area (TPSA) is 25.2 Å². The summed E-state index contributed by atoms with van der Waals surface area (Å²) in [6, 6.07) is 2.02. The van der Waals surface area contributed by atoms with E-state index in [9.17, 15) is 5.11 Å². The van der Waals surface area contributed by atoms with Crippen molar-refractivity contribution >= 4 is 0 Å². The number of aliphatic hydroxyl groups excluding tert-OH is 1. The molecule has 2 heteroatoms. The second-order valence-electron chi connectivity index (χ2n) is 4.64. The summed E-state index contributed by atoms with van der Waals surface area (Å²) in [5.74, 6) is 0.779. The summed E-state index contributed by atoms with van der Waals surface area (Å²) in [6.07, 6.45) is 7.10. The number of aliphatic hydroxyl groups is 1. The van der Waals surface area contributed by atoms with Crippen LogP contribution in [0, 0.1) is 5.92 Å². The van der Waals surface area contributed by atoms with E-state index in [0.29, 0.717) is 0 Å². The molecule has 0 aromatic carbocycles. The number of rotatable bonds is 6. The molecule has 1 aromatic heterocycles. The molecule has 0 amide bonds. The molecule has 0 aliphatic rings. The second-order valence-corrected chi connectivity index (χ2v) is 4.64. The predicted octanol–water partition coefficient (Wildman–Crippen LogP) is 3.37. The highest BCUT2D eigenvalue weighted by Gasteiger charge is 2.05. The Kier molecular flexibility index (Phi) is 4.89. The minimum atomic E-state index is -0.295. The van der Waals surface area contributed by atoms with Crippen molar-refractivity contribution in [1.29, 1.82) is 0 Å². The summed E-state index contributed by atoms with van der Waals surface area (Å²) < 4.78 is 2.18. The monoisotopic (exact) mass is 209 g/mol. The van der Waals surface area contributed by atoms with E-state index < -0.39 is 0 Å². The summed E-state index contributed by atoms with van der Waals surface area (Å²) >= 11 is 0. The number of hydrogen-bond donors (Lipinski definition) is 1. The van der Waals surface area contributed by atoms with Gasteiger partial charge < -0.3 is 9.67 Å². The molecule has 1 atom stereocenters. The Labute approximate surface area is 92.9 Å². The number of hydrogen-bond acceptors (Lipinski definition) is 1. The van der Waals surface area contributed by atoms with Crippen LogP contribution in [0.25, 0.3) is 0 Å². The van der Waals surface area contributed by atoms with Crippen LogP contribution in [0.2, 0.25) is 0 Å². The Morgan fingerprint density at radius 1 is 1.40 bits per heavy atom. The molecule has 0 aliphatic carbocycles. The molecule has 2 nitrogen and oxygen atoms in total. The molecule has 0 spiro atoms. The van der Waals surface area contributed by atoms with E-state index in [0.717, 1.165) is 24.4 Å². The van der Waals surface area contributed by atoms with Crippen LogP contribution in [0.4, 0.5) is 0 Å². The molecule has 1 N–H and O–H groups in total. The van der Waals surface area contributed by atoms with Crippen LogP contribution in [-0.2, 0) is 6.54 Å². The van der Waals surface area contributed by atoms with Crippen molar-refractivity contribution in [1.82, 2.24) is 4.57 Å². The van der Waals surface area contributed by atoms with Gasteiger partial charge in [0, 0.05) is 18.9 Å². The molecular weight excluding hydrogens is 186 g/mol. The van der Waals surface area contributed by atoms with Crippen molar-refractivity contribution in [2.24, 2.45) is 5.92 Å². The van der Waals surface area contributed by atoms with Gasteiger partial charge in [0.1, 0.15) is 0 Å². The quantitative estimate of drug-likeness (QED) is 0.763. The van der Waals surface area contributed by atoms with E-state index in [4.69, 9.17) is 0 Å². The first-order valence-electron chi connectivity index (χ1n) is 5.97. The molecule has 86 valence electrons. The average molecular weight is 209 g/mol. The highest BCUT2D eigenvalue weighted by molar-refractivity contribution is 5.13. The van der Waals surface area contributed by atoms with Gasteiger partial charge in [-0.1, -0.05) is 20.8 Å². The minimum absolute atomic E-state index is 0.295. The maximum absolute atomic E-state index is 9.64. The third kappa shape index (κ3) is 4.08. The predicted molar refractivity (Wildman–Crippen MR) is 63.8 cm³/mol. The molecular formula is C13H23NO. The van der Waals surface area contributed by atoms with Crippen LogP contribution < -0.4 is 0 Å². The van der Waals surface area contributed by atoms with E-state index in [2.05, 4.69) is 30.8 Å². The van der Waals surface area contributed by atoms with E-state index in [1.807, 2.05) is 13.0 Å². The van der Waals surface area contributed by atoms with Crippen LogP contribution in [0.5, 0.6) is 0 Å². The van der Waals surface area contributed by atoms with Gasteiger partial charge >= 0.3 is 0 Å². The second kappa shape index (κ2) is 5.96. The Balaban J connectivity index is 2.39. The van der Waals surface area contributed by atoms with Crippen molar-refractivity contribution in [2.75, 3.05) is 0 Å². The van der Waals surface area contributed by atoms with Gasteiger partial charge in [-0.3, -0.25) is 0 Å². The summed E-state index contributed by atoms with van der Waals surface area (Å²) in [5, 5.41) is 9.64. The van der Waals surface area contributed by atoms with Gasteiger partial charge in [-0.05, 0) is 36.8 Å². The molecule has 1 aromatic rings. The molecule has 0 bridgehead atoms. The zero-order chi connectivity index (χ0) is 11.3. The van der Waals surface area contributed by atoms with Crippen molar-refractivity contribution in [3.05, 3.63) is 24.0 Å². The third-order valence-electron chi connectivity index (χ3n) is 2.74. The lowest BCUT2D eigenvalue weighted by Crippen LogP contribution is -1.98. The van der Waals surface area contributed by atoms with Crippen LogP contribution in [0.3, 0.4) is 0 Å².